The standard InChI is InChI=1S/C17H19BrN2O2S/c1-11-6-13(17(21)22)9-20(8-11)10-15-7-19-16(23-15)12-2-4-14(18)5-3-12/h2-5,7,11,13H,6,8-10H2,1H3,(H,21,22). The number of halogens is 1. The van der Waals surface area contributed by atoms with Gasteiger partial charge in [-0.05, 0) is 24.5 Å². The second-order valence-corrected chi connectivity index (χ2v) is 8.24. The Morgan fingerprint density at radius 1 is 1.39 bits per heavy atom. The highest BCUT2D eigenvalue weighted by molar-refractivity contribution is 9.10. The predicted octanol–water partition coefficient (Wildman–Crippen LogP) is 4.12. The van der Waals surface area contributed by atoms with E-state index in [0.29, 0.717) is 12.5 Å². The van der Waals surface area contributed by atoms with Gasteiger partial charge in [0.25, 0.3) is 0 Å². The van der Waals surface area contributed by atoms with Crippen LogP contribution in [0.1, 0.15) is 18.2 Å². The maximum atomic E-state index is 11.3. The first-order valence-electron chi connectivity index (χ1n) is 7.67. The minimum absolute atomic E-state index is 0.252. The van der Waals surface area contributed by atoms with Crippen molar-refractivity contribution in [1.29, 1.82) is 0 Å². The number of hydrogen-bond acceptors (Lipinski definition) is 4. The number of rotatable bonds is 4. The molecule has 0 amide bonds. The minimum Gasteiger partial charge on any atom is -0.481 e. The molecule has 6 heteroatoms. The highest BCUT2D eigenvalue weighted by atomic mass is 79.9. The van der Waals surface area contributed by atoms with Gasteiger partial charge in [-0.1, -0.05) is 35.0 Å². The van der Waals surface area contributed by atoms with E-state index < -0.39 is 5.97 Å². The lowest BCUT2D eigenvalue weighted by molar-refractivity contribution is -0.144. The van der Waals surface area contributed by atoms with Gasteiger partial charge in [-0.25, -0.2) is 4.98 Å². The van der Waals surface area contributed by atoms with E-state index in [1.165, 1.54) is 4.88 Å². The lowest BCUT2D eigenvalue weighted by Crippen LogP contribution is -2.41. The van der Waals surface area contributed by atoms with E-state index in [2.05, 4.69) is 44.9 Å². The molecule has 1 aromatic carbocycles. The third-order valence-corrected chi connectivity index (χ3v) is 5.67. The Morgan fingerprint density at radius 2 is 2.13 bits per heavy atom. The van der Waals surface area contributed by atoms with Gasteiger partial charge in [0, 0.05) is 40.7 Å². The largest absolute Gasteiger partial charge is 0.481 e. The molecule has 23 heavy (non-hydrogen) atoms. The van der Waals surface area contributed by atoms with Crippen molar-refractivity contribution in [3.63, 3.8) is 0 Å². The Labute approximate surface area is 148 Å². The summed E-state index contributed by atoms with van der Waals surface area (Å²) in [5, 5.41) is 10.3. The van der Waals surface area contributed by atoms with Gasteiger partial charge in [0.1, 0.15) is 5.01 Å². The van der Waals surface area contributed by atoms with E-state index in [1.807, 2.05) is 18.3 Å². The number of benzene rings is 1. The van der Waals surface area contributed by atoms with Crippen molar-refractivity contribution in [2.24, 2.45) is 11.8 Å². The monoisotopic (exact) mass is 394 g/mol. The molecular weight excluding hydrogens is 376 g/mol. The fraction of sp³-hybridized carbons (Fsp3) is 0.412. The molecule has 2 atom stereocenters. The van der Waals surface area contributed by atoms with Gasteiger partial charge in [-0.2, -0.15) is 0 Å². The molecule has 0 bridgehead atoms. The Morgan fingerprint density at radius 3 is 2.83 bits per heavy atom. The quantitative estimate of drug-likeness (QED) is 0.847. The Balaban J connectivity index is 1.69. The van der Waals surface area contributed by atoms with Crippen LogP contribution in [0, 0.1) is 11.8 Å². The average Bonchev–Trinajstić information content (AvgIpc) is 2.95. The van der Waals surface area contributed by atoms with Gasteiger partial charge in [0.2, 0.25) is 0 Å². The lowest BCUT2D eigenvalue weighted by Gasteiger charge is -2.34. The Hall–Kier alpha value is -1.24. The molecule has 1 N–H and O–H groups in total. The number of carbonyl (C=O) groups is 1. The van der Waals surface area contributed by atoms with Gasteiger partial charge in [-0.3, -0.25) is 9.69 Å². The molecule has 2 unspecified atom stereocenters. The zero-order chi connectivity index (χ0) is 16.4. The van der Waals surface area contributed by atoms with Crippen LogP contribution < -0.4 is 0 Å². The van der Waals surface area contributed by atoms with E-state index in [4.69, 9.17) is 0 Å². The maximum absolute atomic E-state index is 11.3. The molecule has 0 aliphatic carbocycles. The van der Waals surface area contributed by atoms with Crippen molar-refractivity contribution in [1.82, 2.24) is 9.88 Å². The Bertz CT molecular complexity index is 686. The molecule has 0 spiro atoms. The summed E-state index contributed by atoms with van der Waals surface area (Å²) in [6.45, 7) is 4.49. The maximum Gasteiger partial charge on any atom is 0.307 e. The second kappa shape index (κ2) is 7.11. The minimum atomic E-state index is -0.679. The van der Waals surface area contributed by atoms with E-state index >= 15 is 0 Å². The predicted molar refractivity (Wildman–Crippen MR) is 95.4 cm³/mol. The van der Waals surface area contributed by atoms with Crippen LogP contribution in [0.5, 0.6) is 0 Å². The number of carboxylic acid groups (broad SMARTS) is 1. The number of carboxylic acids is 1. The highest BCUT2D eigenvalue weighted by Crippen LogP contribution is 2.29. The molecule has 2 aromatic rings. The molecule has 0 radical (unpaired) electrons. The van der Waals surface area contributed by atoms with Crippen LogP contribution in [-0.2, 0) is 11.3 Å². The van der Waals surface area contributed by atoms with Crippen LogP contribution in [0.15, 0.2) is 34.9 Å². The molecule has 1 aliphatic rings. The van der Waals surface area contributed by atoms with Crippen molar-refractivity contribution in [3.05, 3.63) is 39.8 Å². The molecule has 122 valence electrons. The fourth-order valence-electron chi connectivity index (χ4n) is 3.10. The summed E-state index contributed by atoms with van der Waals surface area (Å²) in [5.41, 5.74) is 1.11. The van der Waals surface area contributed by atoms with E-state index in [1.54, 1.807) is 11.3 Å². The average molecular weight is 395 g/mol. The molecule has 0 saturated carbocycles. The number of nitrogens with zero attached hydrogens (tertiary/aromatic N) is 2. The normalized spacial score (nSPS) is 22.2. The van der Waals surface area contributed by atoms with Crippen molar-refractivity contribution in [3.8, 4) is 10.6 Å². The SMILES string of the molecule is CC1CC(C(=O)O)CN(Cc2cnc(-c3ccc(Br)cc3)s2)C1. The number of thiazole rings is 1. The summed E-state index contributed by atoms with van der Waals surface area (Å²) in [7, 11) is 0. The number of hydrogen-bond donors (Lipinski definition) is 1. The molecule has 1 saturated heterocycles. The topological polar surface area (TPSA) is 53.4 Å². The van der Waals surface area contributed by atoms with Gasteiger partial charge in [0.05, 0.1) is 5.92 Å². The van der Waals surface area contributed by atoms with Gasteiger partial charge < -0.3 is 5.11 Å². The van der Waals surface area contributed by atoms with Crippen LogP contribution >= 0.6 is 27.3 Å². The summed E-state index contributed by atoms with van der Waals surface area (Å²) >= 11 is 5.12. The molecule has 1 aromatic heterocycles. The van der Waals surface area contributed by atoms with Crippen LogP contribution in [0.2, 0.25) is 0 Å². The van der Waals surface area contributed by atoms with Crippen LogP contribution in [0.4, 0.5) is 0 Å². The molecule has 1 fully saturated rings. The first kappa shape index (κ1) is 16.6. The molecular formula is C17H19BrN2O2S. The summed E-state index contributed by atoms with van der Waals surface area (Å²) in [5.74, 6) is -0.511. The first-order valence-corrected chi connectivity index (χ1v) is 9.28. The number of aliphatic carboxylic acids is 1. The van der Waals surface area contributed by atoms with Crippen LogP contribution in [0.3, 0.4) is 0 Å². The van der Waals surface area contributed by atoms with Crippen molar-refractivity contribution in [2.75, 3.05) is 13.1 Å². The molecule has 1 aliphatic heterocycles. The van der Waals surface area contributed by atoms with Gasteiger partial charge in [-0.15, -0.1) is 11.3 Å². The summed E-state index contributed by atoms with van der Waals surface area (Å²) in [6, 6.07) is 8.13. The number of likely N-dealkylation sites (tertiary alicyclic amines) is 1. The van der Waals surface area contributed by atoms with Gasteiger partial charge >= 0.3 is 5.97 Å². The van der Waals surface area contributed by atoms with Crippen molar-refractivity contribution in [2.45, 2.75) is 19.9 Å². The van der Waals surface area contributed by atoms with Crippen molar-refractivity contribution < 1.29 is 9.90 Å². The zero-order valence-electron chi connectivity index (χ0n) is 12.9. The first-order chi connectivity index (χ1) is 11.0. The lowest BCUT2D eigenvalue weighted by atomic mass is 9.90. The summed E-state index contributed by atoms with van der Waals surface area (Å²) < 4.78 is 1.06. The van der Waals surface area contributed by atoms with Crippen molar-refractivity contribution >= 4 is 33.2 Å². The van der Waals surface area contributed by atoms with Gasteiger partial charge in [0.15, 0.2) is 0 Å². The third kappa shape index (κ3) is 4.19. The number of aromatic nitrogens is 1. The Kier molecular flexibility index (Phi) is 5.14. The summed E-state index contributed by atoms with van der Waals surface area (Å²) in [6.07, 6.45) is 2.69. The molecule has 4 nitrogen and oxygen atoms in total. The smallest absolute Gasteiger partial charge is 0.307 e. The molecule has 2 heterocycles. The highest BCUT2D eigenvalue weighted by Gasteiger charge is 2.29. The summed E-state index contributed by atoms with van der Waals surface area (Å²) in [4.78, 5) is 19.2. The molecule has 3 rings (SSSR count). The second-order valence-electron chi connectivity index (χ2n) is 6.21. The van der Waals surface area contributed by atoms with E-state index in [-0.39, 0.29) is 5.92 Å². The van der Waals surface area contributed by atoms with E-state index in [9.17, 15) is 9.90 Å². The number of piperidine rings is 1. The third-order valence-electron chi connectivity index (χ3n) is 4.11. The zero-order valence-corrected chi connectivity index (χ0v) is 15.3. The fourth-order valence-corrected chi connectivity index (χ4v) is 4.32. The van der Waals surface area contributed by atoms with E-state index in [0.717, 1.165) is 34.6 Å². The van der Waals surface area contributed by atoms with Crippen LogP contribution in [-0.4, -0.2) is 34.0 Å². The van der Waals surface area contributed by atoms with Crippen LogP contribution in [0.25, 0.3) is 10.6 Å².